The Morgan fingerprint density at radius 1 is 1.31 bits per heavy atom. The molecule has 5 N–H and O–H groups in total. The van der Waals surface area contributed by atoms with E-state index in [4.69, 9.17) is 28.2 Å². The molecular formula is C9H13ClN2O. The summed E-state index contributed by atoms with van der Waals surface area (Å²) < 4.78 is 0. The van der Waals surface area contributed by atoms with Crippen LogP contribution in [0.3, 0.4) is 0 Å². The van der Waals surface area contributed by atoms with Gasteiger partial charge in [-0.25, -0.2) is 0 Å². The fourth-order valence-electron chi connectivity index (χ4n) is 1.22. The summed E-state index contributed by atoms with van der Waals surface area (Å²) in [6.07, 6.45) is 0.563. The molecule has 72 valence electrons. The van der Waals surface area contributed by atoms with Crippen LogP contribution in [0.5, 0.6) is 0 Å². The molecule has 1 rings (SSSR count). The first-order chi connectivity index (χ1) is 6.19. The number of rotatable bonds is 3. The summed E-state index contributed by atoms with van der Waals surface area (Å²) in [5.41, 5.74) is 13.6. The number of nitrogens with two attached hydrogens (primary N) is 2. The van der Waals surface area contributed by atoms with Gasteiger partial charge in [0.1, 0.15) is 0 Å². The van der Waals surface area contributed by atoms with E-state index < -0.39 is 0 Å². The fraction of sp³-hybridized carbons (Fsp3) is 0.333. The molecule has 4 heteroatoms. The van der Waals surface area contributed by atoms with Crippen molar-refractivity contribution in [3.63, 3.8) is 0 Å². The Balaban J connectivity index is 3.09. The number of aliphatic hydroxyl groups excluding tert-OH is 1. The minimum absolute atomic E-state index is 0.0913. The zero-order valence-corrected chi connectivity index (χ0v) is 8.01. The van der Waals surface area contributed by atoms with E-state index in [2.05, 4.69) is 0 Å². The van der Waals surface area contributed by atoms with Gasteiger partial charge >= 0.3 is 0 Å². The Morgan fingerprint density at radius 2 is 2.00 bits per heavy atom. The molecule has 13 heavy (non-hydrogen) atoms. The van der Waals surface area contributed by atoms with Crippen LogP contribution in [-0.2, 0) is 13.0 Å². The van der Waals surface area contributed by atoms with Crippen LogP contribution in [0.1, 0.15) is 11.1 Å². The molecular weight excluding hydrogens is 188 g/mol. The molecule has 0 bridgehead atoms. The van der Waals surface area contributed by atoms with Crippen molar-refractivity contribution in [2.75, 3.05) is 12.3 Å². The molecule has 0 unspecified atom stereocenters. The van der Waals surface area contributed by atoms with Crippen LogP contribution in [-0.4, -0.2) is 11.7 Å². The normalized spacial score (nSPS) is 10.4. The SMILES string of the molecule is NCc1cc(Cl)c(N)cc1CCO. The van der Waals surface area contributed by atoms with Gasteiger partial charge in [0, 0.05) is 13.2 Å². The molecule has 1 aromatic rings. The molecule has 0 atom stereocenters. The highest BCUT2D eigenvalue weighted by atomic mass is 35.5. The van der Waals surface area contributed by atoms with Gasteiger partial charge in [-0.3, -0.25) is 0 Å². The summed E-state index contributed by atoms with van der Waals surface area (Å²) in [7, 11) is 0. The largest absolute Gasteiger partial charge is 0.398 e. The number of hydrogen-bond donors (Lipinski definition) is 3. The average Bonchev–Trinajstić information content (AvgIpc) is 2.11. The number of benzene rings is 1. The maximum atomic E-state index is 8.79. The second kappa shape index (κ2) is 4.46. The van der Waals surface area contributed by atoms with Gasteiger partial charge in [0.2, 0.25) is 0 Å². The van der Waals surface area contributed by atoms with E-state index in [0.717, 1.165) is 11.1 Å². The lowest BCUT2D eigenvalue weighted by atomic mass is 10.0. The van der Waals surface area contributed by atoms with Crippen LogP contribution < -0.4 is 11.5 Å². The van der Waals surface area contributed by atoms with Gasteiger partial charge in [0.15, 0.2) is 0 Å². The maximum Gasteiger partial charge on any atom is 0.0638 e. The van der Waals surface area contributed by atoms with Crippen molar-refractivity contribution in [1.29, 1.82) is 0 Å². The molecule has 0 saturated heterocycles. The third-order valence-electron chi connectivity index (χ3n) is 1.92. The lowest BCUT2D eigenvalue weighted by molar-refractivity contribution is 0.299. The van der Waals surface area contributed by atoms with E-state index in [-0.39, 0.29) is 6.61 Å². The van der Waals surface area contributed by atoms with E-state index in [9.17, 15) is 0 Å². The number of anilines is 1. The molecule has 0 aliphatic heterocycles. The molecule has 0 saturated carbocycles. The van der Waals surface area contributed by atoms with Crippen LogP contribution >= 0.6 is 11.6 Å². The molecule has 0 aliphatic carbocycles. The minimum atomic E-state index is 0.0913. The third kappa shape index (κ3) is 2.34. The Labute approximate surface area is 82.3 Å². The molecule has 0 fully saturated rings. The molecule has 0 spiro atoms. The molecule has 0 heterocycles. The van der Waals surface area contributed by atoms with Crippen LogP contribution in [0.25, 0.3) is 0 Å². The second-order valence-electron chi connectivity index (χ2n) is 2.82. The Hall–Kier alpha value is -0.770. The maximum absolute atomic E-state index is 8.79. The summed E-state index contributed by atoms with van der Waals surface area (Å²) in [5.74, 6) is 0. The quantitative estimate of drug-likeness (QED) is 0.636. The highest BCUT2D eigenvalue weighted by Gasteiger charge is 2.04. The van der Waals surface area contributed by atoms with Gasteiger partial charge in [-0.1, -0.05) is 11.6 Å². The van der Waals surface area contributed by atoms with Crippen molar-refractivity contribution in [3.8, 4) is 0 Å². The summed E-state index contributed by atoms with van der Waals surface area (Å²) in [6, 6.07) is 3.52. The fourth-order valence-corrected chi connectivity index (χ4v) is 1.41. The molecule has 3 nitrogen and oxygen atoms in total. The zero-order chi connectivity index (χ0) is 9.84. The topological polar surface area (TPSA) is 72.3 Å². The van der Waals surface area contributed by atoms with Crippen molar-refractivity contribution < 1.29 is 5.11 Å². The third-order valence-corrected chi connectivity index (χ3v) is 2.25. The second-order valence-corrected chi connectivity index (χ2v) is 3.23. The molecule has 0 amide bonds. The Morgan fingerprint density at radius 3 is 2.54 bits per heavy atom. The van der Waals surface area contributed by atoms with Crippen molar-refractivity contribution in [1.82, 2.24) is 0 Å². The van der Waals surface area contributed by atoms with Crippen molar-refractivity contribution in [2.45, 2.75) is 13.0 Å². The Kier molecular flexibility index (Phi) is 3.54. The van der Waals surface area contributed by atoms with Gasteiger partial charge in [0.25, 0.3) is 0 Å². The van der Waals surface area contributed by atoms with Gasteiger partial charge in [0.05, 0.1) is 10.7 Å². The van der Waals surface area contributed by atoms with Gasteiger partial charge in [-0.05, 0) is 29.7 Å². The van der Waals surface area contributed by atoms with E-state index in [1.54, 1.807) is 12.1 Å². The number of halogens is 1. The Bertz CT molecular complexity index is 302. The lowest BCUT2D eigenvalue weighted by Gasteiger charge is -2.08. The highest BCUT2D eigenvalue weighted by molar-refractivity contribution is 6.33. The minimum Gasteiger partial charge on any atom is -0.398 e. The summed E-state index contributed by atoms with van der Waals surface area (Å²) in [5, 5.41) is 9.30. The van der Waals surface area contributed by atoms with Gasteiger partial charge in [-0.15, -0.1) is 0 Å². The van der Waals surface area contributed by atoms with Crippen molar-refractivity contribution >= 4 is 17.3 Å². The lowest BCUT2D eigenvalue weighted by Crippen LogP contribution is -2.04. The molecule has 0 radical (unpaired) electrons. The van der Waals surface area contributed by atoms with E-state index in [1.807, 2.05) is 0 Å². The summed E-state index contributed by atoms with van der Waals surface area (Å²) >= 11 is 5.82. The average molecular weight is 201 g/mol. The molecule has 0 aromatic heterocycles. The first kappa shape index (κ1) is 10.3. The first-order valence-corrected chi connectivity index (χ1v) is 4.44. The predicted molar refractivity (Wildman–Crippen MR) is 54.5 cm³/mol. The molecule has 1 aromatic carbocycles. The standard InChI is InChI=1S/C9H13ClN2O/c10-8-3-7(5-11)6(1-2-13)4-9(8)12/h3-4,13H,1-2,5,11-12H2. The summed E-state index contributed by atoms with van der Waals surface area (Å²) in [6.45, 7) is 0.503. The first-order valence-electron chi connectivity index (χ1n) is 4.06. The van der Waals surface area contributed by atoms with Crippen molar-refractivity contribution in [3.05, 3.63) is 28.3 Å². The van der Waals surface area contributed by atoms with Crippen LogP contribution in [0.2, 0.25) is 5.02 Å². The van der Waals surface area contributed by atoms with Crippen LogP contribution in [0.4, 0.5) is 5.69 Å². The number of hydrogen-bond acceptors (Lipinski definition) is 3. The van der Waals surface area contributed by atoms with E-state index in [0.29, 0.717) is 23.7 Å². The van der Waals surface area contributed by atoms with Gasteiger partial charge in [-0.2, -0.15) is 0 Å². The highest BCUT2D eigenvalue weighted by Crippen LogP contribution is 2.23. The van der Waals surface area contributed by atoms with E-state index >= 15 is 0 Å². The van der Waals surface area contributed by atoms with Crippen molar-refractivity contribution in [2.24, 2.45) is 5.73 Å². The predicted octanol–water partition coefficient (Wildman–Crippen LogP) is 0.916. The number of nitrogen functional groups attached to an aromatic ring is 1. The van der Waals surface area contributed by atoms with Crippen LogP contribution in [0, 0.1) is 0 Å². The zero-order valence-electron chi connectivity index (χ0n) is 7.26. The monoisotopic (exact) mass is 200 g/mol. The van der Waals surface area contributed by atoms with Gasteiger partial charge < -0.3 is 16.6 Å². The number of aliphatic hydroxyl groups is 1. The van der Waals surface area contributed by atoms with Crippen LogP contribution in [0.15, 0.2) is 12.1 Å². The molecule has 0 aliphatic rings. The summed E-state index contributed by atoms with van der Waals surface area (Å²) in [4.78, 5) is 0. The van der Waals surface area contributed by atoms with E-state index in [1.165, 1.54) is 0 Å². The smallest absolute Gasteiger partial charge is 0.0638 e.